The average molecular weight is 477 g/mol. The lowest BCUT2D eigenvalue weighted by molar-refractivity contribution is -0.140. The van der Waals surface area contributed by atoms with E-state index in [1.807, 2.05) is 60.0 Å². The molecule has 174 valence electrons. The molecule has 0 aliphatic carbocycles. The fourth-order valence-corrected chi connectivity index (χ4v) is 4.20. The highest BCUT2D eigenvalue weighted by molar-refractivity contribution is 7.99. The van der Waals surface area contributed by atoms with Crippen molar-refractivity contribution in [3.63, 3.8) is 0 Å². The van der Waals surface area contributed by atoms with E-state index in [0.29, 0.717) is 34.6 Å². The fraction of sp³-hybridized carbons (Fsp3) is 0.200. The van der Waals surface area contributed by atoms with Gasteiger partial charge in [0.15, 0.2) is 16.7 Å². The molecule has 2 heterocycles. The van der Waals surface area contributed by atoms with E-state index >= 15 is 0 Å². The van der Waals surface area contributed by atoms with Crippen LogP contribution < -0.4 is 5.32 Å². The van der Waals surface area contributed by atoms with Gasteiger partial charge in [-0.3, -0.25) is 14.2 Å². The second kappa shape index (κ2) is 10.8. The zero-order valence-electron chi connectivity index (χ0n) is 18.9. The van der Waals surface area contributed by atoms with Crippen molar-refractivity contribution in [1.82, 2.24) is 14.8 Å². The molecule has 0 amide bonds. The number of esters is 1. The quantitative estimate of drug-likeness (QED) is 0.198. The number of anilines is 1. The number of nitrogens with zero attached hydrogens (tertiary/aromatic N) is 3. The van der Waals surface area contributed by atoms with Gasteiger partial charge in [-0.25, -0.2) is 0 Å². The van der Waals surface area contributed by atoms with Crippen LogP contribution in [0.15, 0.2) is 76.5 Å². The molecule has 0 aliphatic heterocycles. The molecule has 4 aromatic rings. The van der Waals surface area contributed by atoms with E-state index in [1.165, 1.54) is 11.8 Å². The van der Waals surface area contributed by atoms with Crippen molar-refractivity contribution in [1.29, 1.82) is 0 Å². The molecule has 4 rings (SSSR count). The van der Waals surface area contributed by atoms with Crippen molar-refractivity contribution >= 4 is 29.2 Å². The molecular formula is C25H24N4O4S. The molecule has 0 saturated heterocycles. The lowest BCUT2D eigenvalue weighted by atomic mass is 10.1. The Morgan fingerprint density at radius 2 is 1.91 bits per heavy atom. The van der Waals surface area contributed by atoms with Crippen LogP contribution in [-0.2, 0) is 9.53 Å². The fourth-order valence-electron chi connectivity index (χ4n) is 3.37. The zero-order chi connectivity index (χ0) is 23.9. The number of Topliss-reactive ketones (excluding diaryl/α,β-unsaturated/α-hetero) is 1. The van der Waals surface area contributed by atoms with E-state index in [-0.39, 0.29) is 24.1 Å². The maximum atomic E-state index is 13.2. The van der Waals surface area contributed by atoms with E-state index < -0.39 is 0 Å². The summed E-state index contributed by atoms with van der Waals surface area (Å²) in [4.78, 5) is 24.9. The third-order valence-electron chi connectivity index (χ3n) is 4.93. The van der Waals surface area contributed by atoms with E-state index in [4.69, 9.17) is 9.15 Å². The Morgan fingerprint density at radius 3 is 2.65 bits per heavy atom. The number of ketones is 1. The van der Waals surface area contributed by atoms with Crippen molar-refractivity contribution in [2.24, 2.45) is 0 Å². The monoisotopic (exact) mass is 476 g/mol. The van der Waals surface area contributed by atoms with Gasteiger partial charge < -0.3 is 14.5 Å². The Bertz CT molecular complexity index is 1270. The van der Waals surface area contributed by atoms with Gasteiger partial charge in [0.05, 0.1) is 18.6 Å². The molecular weight excluding hydrogens is 452 g/mol. The number of para-hydroxylation sites is 1. The van der Waals surface area contributed by atoms with E-state index in [1.54, 1.807) is 25.3 Å². The molecule has 34 heavy (non-hydrogen) atoms. The first kappa shape index (κ1) is 23.3. The Hall–Kier alpha value is -3.85. The van der Waals surface area contributed by atoms with Gasteiger partial charge in [0, 0.05) is 16.9 Å². The first-order chi connectivity index (χ1) is 16.6. The second-order valence-corrected chi connectivity index (χ2v) is 8.32. The summed E-state index contributed by atoms with van der Waals surface area (Å²) in [6, 6.07) is 18.8. The van der Waals surface area contributed by atoms with Crippen molar-refractivity contribution in [2.75, 3.05) is 24.2 Å². The first-order valence-corrected chi connectivity index (χ1v) is 11.8. The van der Waals surface area contributed by atoms with Crippen LogP contribution >= 0.6 is 11.8 Å². The normalized spacial score (nSPS) is 10.8. The van der Waals surface area contributed by atoms with Gasteiger partial charge in [0.25, 0.3) is 0 Å². The number of hydrogen-bond donors (Lipinski definition) is 1. The molecule has 0 saturated carbocycles. The minimum atomic E-state index is -0.378. The number of nitrogens with one attached hydrogen (secondary N) is 1. The number of furan rings is 1. The summed E-state index contributed by atoms with van der Waals surface area (Å²) in [6.07, 6.45) is 1.58. The number of carbonyl (C=O) groups is 2. The summed E-state index contributed by atoms with van der Waals surface area (Å²) in [5.41, 5.74) is 2.91. The van der Waals surface area contributed by atoms with Crippen LogP contribution in [0.1, 0.15) is 22.8 Å². The van der Waals surface area contributed by atoms with Crippen LogP contribution in [0.3, 0.4) is 0 Å². The molecule has 1 N–H and O–H groups in total. The highest BCUT2D eigenvalue weighted by Crippen LogP contribution is 2.29. The molecule has 0 fully saturated rings. The van der Waals surface area contributed by atoms with Gasteiger partial charge in [-0.1, -0.05) is 41.6 Å². The lowest BCUT2D eigenvalue weighted by Crippen LogP contribution is -2.18. The number of rotatable bonds is 10. The van der Waals surface area contributed by atoms with Gasteiger partial charge in [-0.05, 0) is 50.2 Å². The van der Waals surface area contributed by atoms with Gasteiger partial charge in [-0.15, -0.1) is 10.2 Å². The largest absolute Gasteiger partial charge is 0.465 e. The molecule has 0 bridgehead atoms. The summed E-state index contributed by atoms with van der Waals surface area (Å²) in [5.74, 6) is 0.803. The predicted octanol–water partition coefficient (Wildman–Crippen LogP) is 4.79. The Morgan fingerprint density at radius 1 is 1.09 bits per heavy atom. The molecule has 8 nitrogen and oxygen atoms in total. The van der Waals surface area contributed by atoms with Gasteiger partial charge in [-0.2, -0.15) is 0 Å². The number of aromatic nitrogens is 3. The van der Waals surface area contributed by atoms with Crippen LogP contribution in [0.4, 0.5) is 5.69 Å². The van der Waals surface area contributed by atoms with Crippen LogP contribution in [0.25, 0.3) is 17.3 Å². The van der Waals surface area contributed by atoms with Gasteiger partial charge in [0.1, 0.15) is 6.54 Å². The Labute approximate surface area is 201 Å². The van der Waals surface area contributed by atoms with Gasteiger partial charge >= 0.3 is 5.97 Å². The number of carbonyl (C=O) groups excluding carboxylic acids is 2. The molecule has 0 unspecified atom stereocenters. The highest BCUT2D eigenvalue weighted by atomic mass is 32.2. The van der Waals surface area contributed by atoms with Gasteiger partial charge in [0.2, 0.25) is 5.82 Å². The molecule has 9 heteroatoms. The summed E-state index contributed by atoms with van der Waals surface area (Å²) in [6.45, 7) is 3.96. The number of ether oxygens (including phenoxy) is 1. The lowest BCUT2D eigenvalue weighted by Gasteiger charge is -2.12. The molecule has 0 atom stereocenters. The van der Waals surface area contributed by atoms with E-state index in [0.717, 1.165) is 11.3 Å². The summed E-state index contributed by atoms with van der Waals surface area (Å²) in [5, 5.41) is 12.2. The van der Waals surface area contributed by atoms with Crippen LogP contribution in [0, 0.1) is 6.92 Å². The summed E-state index contributed by atoms with van der Waals surface area (Å²) >= 11 is 1.29. The summed E-state index contributed by atoms with van der Waals surface area (Å²) < 4.78 is 12.4. The second-order valence-electron chi connectivity index (χ2n) is 7.37. The minimum absolute atomic E-state index is 0.0147. The van der Waals surface area contributed by atoms with E-state index in [2.05, 4.69) is 15.5 Å². The minimum Gasteiger partial charge on any atom is -0.465 e. The topological polar surface area (TPSA) is 99.2 Å². The highest BCUT2D eigenvalue weighted by Gasteiger charge is 2.20. The third kappa shape index (κ3) is 5.37. The van der Waals surface area contributed by atoms with Crippen LogP contribution in [-0.4, -0.2) is 45.4 Å². The number of thioether (sulfide) groups is 1. The number of hydrogen-bond acceptors (Lipinski definition) is 8. The maximum Gasteiger partial charge on any atom is 0.325 e. The average Bonchev–Trinajstić information content (AvgIpc) is 3.52. The number of benzene rings is 2. The Balaban J connectivity index is 1.56. The smallest absolute Gasteiger partial charge is 0.325 e. The molecule has 2 aromatic heterocycles. The SMILES string of the molecule is CCOC(=O)CNc1ccc(C)cc1C(=O)CSc1nnc(-c2ccco2)n1-c1ccccc1. The summed E-state index contributed by atoms with van der Waals surface area (Å²) in [7, 11) is 0. The van der Waals surface area contributed by atoms with Crippen molar-refractivity contribution < 1.29 is 18.7 Å². The van der Waals surface area contributed by atoms with Crippen molar-refractivity contribution in [3.05, 3.63) is 78.1 Å². The molecule has 2 aromatic carbocycles. The number of aryl methyl sites for hydroxylation is 1. The molecule has 0 radical (unpaired) electrons. The van der Waals surface area contributed by atoms with Crippen molar-refractivity contribution in [2.45, 2.75) is 19.0 Å². The standard InChI is InChI=1S/C25H24N4O4S/c1-3-32-23(31)15-26-20-12-11-17(2)14-19(20)21(30)16-34-25-28-27-24(22-10-7-13-33-22)29(25)18-8-5-4-6-9-18/h4-14,26H,3,15-16H2,1-2H3. The Kier molecular flexibility index (Phi) is 7.44. The van der Waals surface area contributed by atoms with Crippen molar-refractivity contribution in [3.8, 4) is 17.3 Å². The third-order valence-corrected chi connectivity index (χ3v) is 5.85. The van der Waals surface area contributed by atoms with Crippen LogP contribution in [0.2, 0.25) is 0 Å². The first-order valence-electron chi connectivity index (χ1n) is 10.8. The molecule has 0 spiro atoms. The maximum absolute atomic E-state index is 13.2. The molecule has 0 aliphatic rings. The van der Waals surface area contributed by atoms with E-state index in [9.17, 15) is 9.59 Å². The predicted molar refractivity (Wildman–Crippen MR) is 130 cm³/mol. The van der Waals surface area contributed by atoms with Crippen LogP contribution in [0.5, 0.6) is 0 Å². The zero-order valence-corrected chi connectivity index (χ0v) is 19.7.